The second-order valence-corrected chi connectivity index (χ2v) is 8.63. The number of benzene rings is 2. The maximum absolute atomic E-state index is 13.6. The third kappa shape index (κ3) is 4.43. The molecule has 2 amide bonds. The van der Waals surface area contributed by atoms with E-state index in [2.05, 4.69) is 5.32 Å². The van der Waals surface area contributed by atoms with Gasteiger partial charge in [0.05, 0.1) is 0 Å². The smallest absolute Gasteiger partial charge is 0.254 e. The number of carbonyl (C=O) groups excluding carboxylic acids is 2. The van der Waals surface area contributed by atoms with E-state index < -0.39 is 6.10 Å². The van der Waals surface area contributed by atoms with E-state index >= 15 is 0 Å². The van der Waals surface area contributed by atoms with Crippen LogP contribution in [0.4, 0.5) is 5.69 Å². The van der Waals surface area contributed by atoms with Crippen molar-refractivity contribution in [3.8, 4) is 11.5 Å². The van der Waals surface area contributed by atoms with Gasteiger partial charge in [0.15, 0.2) is 11.5 Å². The summed E-state index contributed by atoms with van der Waals surface area (Å²) in [6.45, 7) is 1.36. The molecular weight excluding hydrogens is 408 g/mol. The molecule has 1 aliphatic carbocycles. The van der Waals surface area contributed by atoms with E-state index in [1.54, 1.807) is 12.1 Å². The lowest BCUT2D eigenvalue weighted by molar-refractivity contribution is -0.124. The lowest BCUT2D eigenvalue weighted by Crippen LogP contribution is -2.38. The maximum Gasteiger partial charge on any atom is 0.254 e. The number of amides is 2. The summed E-state index contributed by atoms with van der Waals surface area (Å²) in [5.41, 5.74) is 2.20. The van der Waals surface area contributed by atoms with E-state index in [1.165, 1.54) is 0 Å². The molecule has 1 saturated carbocycles. The second-order valence-electron chi connectivity index (χ2n) is 8.63. The normalized spacial score (nSPS) is 19.8. The zero-order valence-corrected chi connectivity index (χ0v) is 18.0. The van der Waals surface area contributed by atoms with Gasteiger partial charge in [-0.2, -0.15) is 0 Å². The molecule has 0 radical (unpaired) electrons. The number of rotatable bonds is 6. The van der Waals surface area contributed by atoms with Crippen LogP contribution in [0.15, 0.2) is 42.5 Å². The summed E-state index contributed by atoms with van der Waals surface area (Å²) in [7, 11) is 0. The summed E-state index contributed by atoms with van der Waals surface area (Å²) in [6.07, 6.45) is 5.50. The highest BCUT2D eigenvalue weighted by Gasteiger charge is 2.29. The molecule has 5 rings (SSSR count). The molecule has 1 atom stereocenters. The first kappa shape index (κ1) is 20.8. The third-order valence-corrected chi connectivity index (χ3v) is 6.42. The van der Waals surface area contributed by atoms with E-state index in [0.717, 1.165) is 55.6 Å². The first-order valence-corrected chi connectivity index (χ1v) is 11.4. The van der Waals surface area contributed by atoms with Crippen LogP contribution < -0.4 is 14.8 Å². The number of fused-ring (bicyclic) bond motifs is 1. The van der Waals surface area contributed by atoms with Crippen molar-refractivity contribution in [2.45, 2.75) is 57.2 Å². The molecule has 2 aromatic rings. The molecule has 2 aromatic carbocycles. The Hall–Kier alpha value is -3.06. The molecule has 7 heteroatoms. The Morgan fingerprint density at radius 1 is 0.969 bits per heavy atom. The lowest BCUT2D eigenvalue weighted by atomic mass is 10.1. The SMILES string of the molecule is O=C(Nc1cccc(C(=O)N(Cc2ccc3c(c2)OCO3)C2CCCC2)c1)C1CCCO1. The molecule has 168 valence electrons. The highest BCUT2D eigenvalue weighted by atomic mass is 16.7. The van der Waals surface area contributed by atoms with Crippen molar-refractivity contribution in [3.05, 3.63) is 53.6 Å². The first-order valence-electron chi connectivity index (χ1n) is 11.4. The summed E-state index contributed by atoms with van der Waals surface area (Å²) in [5, 5.41) is 2.90. The molecule has 2 heterocycles. The summed E-state index contributed by atoms with van der Waals surface area (Å²) in [6, 6.07) is 13.2. The topological polar surface area (TPSA) is 77.1 Å². The van der Waals surface area contributed by atoms with Gasteiger partial charge in [-0.25, -0.2) is 0 Å². The Bertz CT molecular complexity index is 996. The van der Waals surface area contributed by atoms with Gasteiger partial charge in [0.1, 0.15) is 6.10 Å². The lowest BCUT2D eigenvalue weighted by Gasteiger charge is -2.29. The van der Waals surface area contributed by atoms with Crippen molar-refractivity contribution >= 4 is 17.5 Å². The first-order chi connectivity index (χ1) is 15.7. The van der Waals surface area contributed by atoms with E-state index in [1.807, 2.05) is 35.2 Å². The standard InChI is InChI=1S/C25H28N2O5/c28-24(22-9-4-12-30-22)26-19-6-3-5-18(14-19)25(29)27(20-7-1-2-8-20)15-17-10-11-21-23(13-17)32-16-31-21/h3,5-6,10-11,13-14,20,22H,1-2,4,7-9,12,15-16H2,(H,26,28). The molecule has 3 aliphatic rings. The van der Waals surface area contributed by atoms with Crippen molar-refractivity contribution < 1.29 is 23.8 Å². The van der Waals surface area contributed by atoms with Crippen LogP contribution in [0.5, 0.6) is 11.5 Å². The summed E-state index contributed by atoms with van der Waals surface area (Å²) in [5.74, 6) is 1.28. The molecule has 7 nitrogen and oxygen atoms in total. The quantitative estimate of drug-likeness (QED) is 0.737. The largest absolute Gasteiger partial charge is 0.454 e. The number of anilines is 1. The fraction of sp³-hybridized carbons (Fsp3) is 0.440. The minimum absolute atomic E-state index is 0.0252. The number of hydrogen-bond donors (Lipinski definition) is 1. The van der Waals surface area contributed by atoms with Gasteiger partial charge in [-0.15, -0.1) is 0 Å². The van der Waals surface area contributed by atoms with Crippen molar-refractivity contribution in [1.82, 2.24) is 4.90 Å². The van der Waals surface area contributed by atoms with Crippen molar-refractivity contribution in [1.29, 1.82) is 0 Å². The number of nitrogens with one attached hydrogen (secondary N) is 1. The van der Waals surface area contributed by atoms with Gasteiger partial charge in [0.2, 0.25) is 6.79 Å². The average molecular weight is 437 g/mol. The van der Waals surface area contributed by atoms with Crippen LogP contribution in [0.2, 0.25) is 0 Å². The van der Waals surface area contributed by atoms with E-state index in [-0.39, 0.29) is 24.6 Å². The van der Waals surface area contributed by atoms with Crippen LogP contribution in [-0.2, 0) is 16.1 Å². The maximum atomic E-state index is 13.6. The predicted octanol–water partition coefficient (Wildman–Crippen LogP) is 4.12. The van der Waals surface area contributed by atoms with Crippen LogP contribution in [0.3, 0.4) is 0 Å². The fourth-order valence-corrected chi connectivity index (χ4v) is 4.72. The van der Waals surface area contributed by atoms with Crippen LogP contribution in [0, 0.1) is 0 Å². The highest BCUT2D eigenvalue weighted by Crippen LogP contribution is 2.34. The van der Waals surface area contributed by atoms with E-state index in [4.69, 9.17) is 14.2 Å². The monoisotopic (exact) mass is 436 g/mol. The van der Waals surface area contributed by atoms with Gasteiger partial charge in [-0.05, 0) is 61.6 Å². The molecule has 1 unspecified atom stereocenters. The predicted molar refractivity (Wildman–Crippen MR) is 119 cm³/mol. The number of ether oxygens (including phenoxy) is 3. The molecule has 0 spiro atoms. The van der Waals surface area contributed by atoms with Gasteiger partial charge in [-0.1, -0.05) is 25.0 Å². The second kappa shape index (κ2) is 9.20. The van der Waals surface area contributed by atoms with Crippen molar-refractivity contribution in [3.63, 3.8) is 0 Å². The van der Waals surface area contributed by atoms with Crippen LogP contribution in [-0.4, -0.2) is 42.3 Å². The molecule has 2 fully saturated rings. The number of hydrogen-bond acceptors (Lipinski definition) is 5. The number of nitrogens with zero attached hydrogens (tertiary/aromatic N) is 1. The van der Waals surface area contributed by atoms with Gasteiger partial charge in [0, 0.05) is 30.4 Å². The van der Waals surface area contributed by atoms with E-state index in [9.17, 15) is 9.59 Å². The molecule has 32 heavy (non-hydrogen) atoms. The minimum Gasteiger partial charge on any atom is -0.454 e. The Labute approximate surface area is 187 Å². The van der Waals surface area contributed by atoms with Crippen LogP contribution in [0.25, 0.3) is 0 Å². The minimum atomic E-state index is -0.407. The Kier molecular flexibility index (Phi) is 5.99. The van der Waals surface area contributed by atoms with Gasteiger partial charge in [0.25, 0.3) is 11.8 Å². The van der Waals surface area contributed by atoms with Crippen LogP contribution in [0.1, 0.15) is 54.4 Å². The molecular formula is C25H28N2O5. The fourth-order valence-electron chi connectivity index (χ4n) is 4.72. The van der Waals surface area contributed by atoms with Gasteiger partial charge in [-0.3, -0.25) is 9.59 Å². The average Bonchev–Trinajstić information content (AvgIpc) is 3.59. The summed E-state index contributed by atoms with van der Waals surface area (Å²) < 4.78 is 16.4. The highest BCUT2D eigenvalue weighted by molar-refractivity contribution is 5.98. The molecule has 0 aromatic heterocycles. The van der Waals surface area contributed by atoms with Gasteiger partial charge >= 0.3 is 0 Å². The zero-order chi connectivity index (χ0) is 21.9. The van der Waals surface area contributed by atoms with Gasteiger partial charge < -0.3 is 24.4 Å². The Balaban J connectivity index is 1.34. The summed E-state index contributed by atoms with van der Waals surface area (Å²) in [4.78, 5) is 28.0. The van der Waals surface area contributed by atoms with Crippen LogP contribution >= 0.6 is 0 Å². The van der Waals surface area contributed by atoms with E-state index in [0.29, 0.717) is 24.4 Å². The molecule has 0 bridgehead atoms. The molecule has 1 N–H and O–H groups in total. The Morgan fingerprint density at radius 3 is 2.62 bits per heavy atom. The van der Waals surface area contributed by atoms with Crippen molar-refractivity contribution in [2.75, 3.05) is 18.7 Å². The molecule has 1 saturated heterocycles. The van der Waals surface area contributed by atoms with Crippen molar-refractivity contribution in [2.24, 2.45) is 0 Å². The summed E-state index contributed by atoms with van der Waals surface area (Å²) >= 11 is 0. The number of carbonyl (C=O) groups is 2. The molecule has 2 aliphatic heterocycles. The third-order valence-electron chi connectivity index (χ3n) is 6.42. The zero-order valence-electron chi connectivity index (χ0n) is 18.0. The Morgan fingerprint density at radius 2 is 1.81 bits per heavy atom.